The molecule has 2 rings (SSSR count). The summed E-state index contributed by atoms with van der Waals surface area (Å²) in [6, 6.07) is 7.99. The van der Waals surface area contributed by atoms with Crippen LogP contribution < -0.4 is 5.56 Å². The molecule has 0 aliphatic heterocycles. The van der Waals surface area contributed by atoms with Crippen molar-refractivity contribution in [1.82, 2.24) is 9.55 Å². The van der Waals surface area contributed by atoms with Crippen LogP contribution in [-0.4, -0.2) is 9.55 Å². The minimum Gasteiger partial charge on any atom is -0.300 e. The summed E-state index contributed by atoms with van der Waals surface area (Å²) in [6.45, 7) is 5.80. The van der Waals surface area contributed by atoms with Crippen molar-refractivity contribution in [3.05, 3.63) is 63.6 Å². The molecule has 108 valence electrons. The Kier molecular flexibility index (Phi) is 6.10. The smallest absolute Gasteiger partial charge is 0.253 e. The van der Waals surface area contributed by atoms with Crippen molar-refractivity contribution in [1.29, 1.82) is 0 Å². The van der Waals surface area contributed by atoms with Gasteiger partial charge in [-0.05, 0) is 31.0 Å². The lowest BCUT2D eigenvalue weighted by Crippen LogP contribution is -2.22. The second-order valence-electron chi connectivity index (χ2n) is 4.34. The van der Waals surface area contributed by atoms with Crippen LogP contribution in [0.25, 0.3) is 0 Å². The lowest BCUT2D eigenvalue weighted by atomic mass is 10.1. The summed E-state index contributed by atoms with van der Waals surface area (Å²) < 4.78 is 14.6. The maximum Gasteiger partial charge on any atom is 0.253 e. The molecule has 0 aliphatic rings. The third-order valence-electron chi connectivity index (χ3n) is 2.88. The maximum absolute atomic E-state index is 13.0. The number of rotatable bonds is 3. The van der Waals surface area contributed by atoms with Crippen molar-refractivity contribution in [2.45, 2.75) is 33.6 Å². The number of aryl methyl sites for hydroxylation is 3. The van der Waals surface area contributed by atoms with Crippen molar-refractivity contribution < 1.29 is 4.39 Å². The summed E-state index contributed by atoms with van der Waals surface area (Å²) >= 11 is 0. The fourth-order valence-corrected chi connectivity index (χ4v) is 1.89. The highest BCUT2D eigenvalue weighted by Crippen LogP contribution is 2.07. The summed E-state index contributed by atoms with van der Waals surface area (Å²) in [5.74, 6) is 0.489. The van der Waals surface area contributed by atoms with Crippen LogP contribution in [0.4, 0.5) is 4.39 Å². The molecule has 3 nitrogen and oxygen atoms in total. The Labute approximate surface area is 119 Å². The van der Waals surface area contributed by atoms with Gasteiger partial charge in [-0.2, -0.15) is 0 Å². The quantitative estimate of drug-likeness (QED) is 0.863. The van der Waals surface area contributed by atoms with Gasteiger partial charge in [-0.15, -0.1) is 0 Å². The molecule has 20 heavy (non-hydrogen) atoms. The first kappa shape index (κ1) is 16.1. The Morgan fingerprint density at radius 1 is 1.20 bits per heavy atom. The lowest BCUT2D eigenvalue weighted by Gasteiger charge is -2.08. The Morgan fingerprint density at radius 3 is 2.55 bits per heavy atom. The van der Waals surface area contributed by atoms with Gasteiger partial charge in [0.15, 0.2) is 0 Å². The molecule has 4 heteroatoms. The number of halogens is 1. The first-order valence-corrected chi connectivity index (χ1v) is 6.84. The zero-order valence-electron chi connectivity index (χ0n) is 12.5. The van der Waals surface area contributed by atoms with Gasteiger partial charge in [0.05, 0.1) is 0 Å². The molecule has 1 aromatic carbocycles. The molecule has 1 aromatic heterocycles. The van der Waals surface area contributed by atoms with Crippen molar-refractivity contribution >= 4 is 0 Å². The Balaban J connectivity index is 0.000000956. The van der Waals surface area contributed by atoms with Crippen LogP contribution in [0.2, 0.25) is 0 Å². The molecular formula is C16H21FN2O. The van der Waals surface area contributed by atoms with E-state index in [4.69, 9.17) is 0 Å². The van der Waals surface area contributed by atoms with E-state index in [-0.39, 0.29) is 11.4 Å². The molecule has 1 heterocycles. The molecule has 0 atom stereocenters. The predicted molar refractivity (Wildman–Crippen MR) is 79.4 cm³/mol. The van der Waals surface area contributed by atoms with Crippen molar-refractivity contribution in [3.8, 4) is 0 Å². The molecule has 0 bridgehead atoms. The van der Waals surface area contributed by atoms with E-state index in [1.165, 1.54) is 22.8 Å². The molecule has 0 spiro atoms. The molecule has 0 radical (unpaired) electrons. The number of benzene rings is 1. The number of hydrogen-bond donors (Lipinski definition) is 0. The summed E-state index contributed by atoms with van der Waals surface area (Å²) in [5.41, 5.74) is 1.56. The van der Waals surface area contributed by atoms with Crippen LogP contribution in [0.15, 0.2) is 35.1 Å². The van der Waals surface area contributed by atoms with E-state index in [9.17, 15) is 9.18 Å². The van der Waals surface area contributed by atoms with Crippen molar-refractivity contribution in [2.75, 3.05) is 0 Å². The molecule has 0 saturated heterocycles. The first-order chi connectivity index (χ1) is 9.56. The summed E-state index contributed by atoms with van der Waals surface area (Å²) in [5, 5.41) is 0. The average molecular weight is 276 g/mol. The molecule has 0 N–H and O–H groups in total. The third kappa shape index (κ3) is 4.30. The number of nitrogens with zero attached hydrogens (tertiary/aromatic N) is 2. The van der Waals surface area contributed by atoms with E-state index in [0.29, 0.717) is 18.5 Å². The van der Waals surface area contributed by atoms with Gasteiger partial charge < -0.3 is 0 Å². The summed E-state index contributed by atoms with van der Waals surface area (Å²) in [4.78, 5) is 15.9. The third-order valence-corrected chi connectivity index (χ3v) is 2.88. The van der Waals surface area contributed by atoms with E-state index < -0.39 is 0 Å². The van der Waals surface area contributed by atoms with E-state index in [1.807, 2.05) is 19.9 Å². The standard InChI is InChI=1S/C14H15FN2O.C2H6/c1-10-8-14(18)17(2)13(16-10)7-6-11-4-3-5-12(15)9-11;1-2/h3-5,8-9H,6-7H2,1-2H3;1-2H3. The van der Waals surface area contributed by atoms with Crippen LogP contribution in [0.1, 0.15) is 30.9 Å². The zero-order valence-corrected chi connectivity index (χ0v) is 12.5. The summed E-state index contributed by atoms with van der Waals surface area (Å²) in [7, 11) is 1.70. The van der Waals surface area contributed by atoms with Gasteiger partial charge >= 0.3 is 0 Å². The van der Waals surface area contributed by atoms with Crippen LogP contribution >= 0.6 is 0 Å². The molecule has 0 saturated carbocycles. The highest BCUT2D eigenvalue weighted by atomic mass is 19.1. The molecule has 0 unspecified atom stereocenters. The molecule has 0 fully saturated rings. The Morgan fingerprint density at radius 2 is 1.90 bits per heavy atom. The molecule has 0 aliphatic carbocycles. The lowest BCUT2D eigenvalue weighted by molar-refractivity contribution is 0.624. The van der Waals surface area contributed by atoms with Gasteiger partial charge in [-0.1, -0.05) is 26.0 Å². The minimum atomic E-state index is -0.237. The first-order valence-electron chi connectivity index (χ1n) is 6.84. The van der Waals surface area contributed by atoms with Gasteiger partial charge in [-0.3, -0.25) is 9.36 Å². The number of hydrogen-bond acceptors (Lipinski definition) is 2. The fourth-order valence-electron chi connectivity index (χ4n) is 1.89. The second kappa shape index (κ2) is 7.58. The van der Waals surface area contributed by atoms with Gasteiger partial charge in [-0.25, -0.2) is 9.37 Å². The van der Waals surface area contributed by atoms with Gasteiger partial charge in [0.1, 0.15) is 11.6 Å². The topological polar surface area (TPSA) is 34.9 Å². The van der Waals surface area contributed by atoms with Crippen LogP contribution in [-0.2, 0) is 19.9 Å². The highest BCUT2D eigenvalue weighted by Gasteiger charge is 2.04. The number of aromatic nitrogens is 2. The maximum atomic E-state index is 13.0. The predicted octanol–water partition coefficient (Wildman–Crippen LogP) is 3.04. The Hall–Kier alpha value is -1.97. The van der Waals surface area contributed by atoms with E-state index in [2.05, 4.69) is 4.98 Å². The second-order valence-corrected chi connectivity index (χ2v) is 4.34. The summed E-state index contributed by atoms with van der Waals surface area (Å²) in [6.07, 6.45) is 1.29. The van der Waals surface area contributed by atoms with Crippen molar-refractivity contribution in [3.63, 3.8) is 0 Å². The monoisotopic (exact) mass is 276 g/mol. The average Bonchev–Trinajstić information content (AvgIpc) is 2.43. The van der Waals surface area contributed by atoms with Crippen LogP contribution in [0, 0.1) is 12.7 Å². The van der Waals surface area contributed by atoms with Gasteiger partial charge in [0.25, 0.3) is 5.56 Å². The van der Waals surface area contributed by atoms with Crippen molar-refractivity contribution in [2.24, 2.45) is 7.05 Å². The Bertz CT molecular complexity index is 620. The minimum absolute atomic E-state index is 0.0586. The molecular weight excluding hydrogens is 255 g/mol. The van der Waals surface area contributed by atoms with E-state index in [1.54, 1.807) is 20.0 Å². The van der Waals surface area contributed by atoms with Gasteiger partial charge in [0.2, 0.25) is 0 Å². The molecule has 0 amide bonds. The van der Waals surface area contributed by atoms with Crippen LogP contribution in [0.3, 0.4) is 0 Å². The normalized spacial score (nSPS) is 9.85. The fraction of sp³-hybridized carbons (Fsp3) is 0.375. The van der Waals surface area contributed by atoms with E-state index >= 15 is 0 Å². The largest absolute Gasteiger partial charge is 0.300 e. The molecule has 2 aromatic rings. The van der Waals surface area contributed by atoms with E-state index in [0.717, 1.165) is 11.4 Å². The highest BCUT2D eigenvalue weighted by molar-refractivity contribution is 5.17. The SMILES string of the molecule is CC.Cc1cc(=O)n(C)c(CCc2cccc(F)c2)n1. The van der Waals surface area contributed by atoms with Crippen LogP contribution in [0.5, 0.6) is 0 Å². The van der Waals surface area contributed by atoms with Gasteiger partial charge in [0, 0.05) is 25.2 Å². The zero-order chi connectivity index (χ0) is 15.1.